The molecular formula is C14H12ClNS2. The first kappa shape index (κ1) is 12.2. The Labute approximate surface area is 119 Å². The predicted octanol–water partition coefficient (Wildman–Crippen LogP) is 4.93. The van der Waals surface area contributed by atoms with E-state index >= 15 is 0 Å². The summed E-state index contributed by atoms with van der Waals surface area (Å²) in [5.74, 6) is 0. The lowest BCUT2D eigenvalue weighted by atomic mass is 10.0. The third kappa shape index (κ3) is 1.97. The lowest BCUT2D eigenvalue weighted by Crippen LogP contribution is -2.16. The summed E-state index contributed by atoms with van der Waals surface area (Å²) in [6.07, 6.45) is 0. The van der Waals surface area contributed by atoms with E-state index < -0.39 is 0 Å². The number of hydrogen-bond acceptors (Lipinski definition) is 3. The molecule has 1 aromatic carbocycles. The third-order valence-corrected chi connectivity index (χ3v) is 5.42. The molecule has 0 saturated carbocycles. The standard InChI is InChI=1S/C14H12ClNS2/c1-16-12(14-11(15)6-8-18-14)10-4-2-3-9-5-7-17-13(9)10/h2-8,12,16H,1H3. The van der Waals surface area contributed by atoms with Crippen LogP contribution in [0.5, 0.6) is 0 Å². The van der Waals surface area contributed by atoms with E-state index in [0.29, 0.717) is 0 Å². The summed E-state index contributed by atoms with van der Waals surface area (Å²) in [6, 6.07) is 10.7. The van der Waals surface area contributed by atoms with Crippen LogP contribution in [-0.4, -0.2) is 7.05 Å². The number of fused-ring (bicyclic) bond motifs is 1. The molecule has 4 heteroatoms. The number of benzene rings is 1. The monoisotopic (exact) mass is 293 g/mol. The normalized spacial score (nSPS) is 13.0. The van der Waals surface area contributed by atoms with Crippen LogP contribution in [0.4, 0.5) is 0 Å². The second kappa shape index (κ2) is 5.02. The predicted molar refractivity (Wildman–Crippen MR) is 82.1 cm³/mol. The molecule has 2 aromatic heterocycles. The van der Waals surface area contributed by atoms with Crippen molar-refractivity contribution in [2.24, 2.45) is 0 Å². The van der Waals surface area contributed by atoms with Crippen molar-refractivity contribution in [3.63, 3.8) is 0 Å². The second-order valence-electron chi connectivity index (χ2n) is 4.04. The molecule has 1 N–H and O–H groups in total. The first-order chi connectivity index (χ1) is 8.81. The van der Waals surface area contributed by atoms with Gasteiger partial charge in [0.25, 0.3) is 0 Å². The first-order valence-electron chi connectivity index (χ1n) is 5.67. The molecule has 0 aliphatic heterocycles. The van der Waals surface area contributed by atoms with Crippen LogP contribution in [0.25, 0.3) is 10.1 Å². The smallest absolute Gasteiger partial charge is 0.0697 e. The highest BCUT2D eigenvalue weighted by molar-refractivity contribution is 7.17. The van der Waals surface area contributed by atoms with Gasteiger partial charge < -0.3 is 5.32 Å². The number of hydrogen-bond donors (Lipinski definition) is 1. The Bertz CT molecular complexity index is 671. The van der Waals surface area contributed by atoms with Gasteiger partial charge in [0.15, 0.2) is 0 Å². The van der Waals surface area contributed by atoms with Crippen LogP contribution >= 0.6 is 34.3 Å². The van der Waals surface area contributed by atoms with Crippen molar-refractivity contribution in [2.75, 3.05) is 7.05 Å². The molecule has 2 heterocycles. The maximum absolute atomic E-state index is 6.26. The Morgan fingerprint density at radius 2 is 1.94 bits per heavy atom. The SMILES string of the molecule is CNC(c1sccc1Cl)c1cccc2ccsc12. The Morgan fingerprint density at radius 3 is 2.67 bits per heavy atom. The summed E-state index contributed by atoms with van der Waals surface area (Å²) >= 11 is 9.74. The van der Waals surface area contributed by atoms with Crippen LogP contribution in [0, 0.1) is 0 Å². The third-order valence-electron chi connectivity index (χ3n) is 3.02. The van der Waals surface area contributed by atoms with Crippen LogP contribution in [0.3, 0.4) is 0 Å². The topological polar surface area (TPSA) is 12.0 Å². The molecule has 0 amide bonds. The molecule has 1 atom stereocenters. The fourth-order valence-corrected chi connectivity index (χ4v) is 4.42. The van der Waals surface area contributed by atoms with Crippen LogP contribution in [0.2, 0.25) is 5.02 Å². The van der Waals surface area contributed by atoms with Crippen LogP contribution in [0.15, 0.2) is 41.1 Å². The molecule has 18 heavy (non-hydrogen) atoms. The fourth-order valence-electron chi connectivity index (χ4n) is 2.18. The van der Waals surface area contributed by atoms with Gasteiger partial charge in [-0.1, -0.05) is 29.8 Å². The largest absolute Gasteiger partial charge is 0.309 e. The van der Waals surface area contributed by atoms with Crippen molar-refractivity contribution >= 4 is 44.4 Å². The second-order valence-corrected chi connectivity index (χ2v) is 6.31. The summed E-state index contributed by atoms with van der Waals surface area (Å²) < 4.78 is 1.33. The summed E-state index contributed by atoms with van der Waals surface area (Å²) in [5.41, 5.74) is 1.30. The van der Waals surface area contributed by atoms with Crippen LogP contribution in [0.1, 0.15) is 16.5 Å². The van der Waals surface area contributed by atoms with Crippen LogP contribution < -0.4 is 5.32 Å². The summed E-state index contributed by atoms with van der Waals surface area (Å²) in [6.45, 7) is 0. The van der Waals surface area contributed by atoms with E-state index in [1.165, 1.54) is 20.5 Å². The molecular weight excluding hydrogens is 282 g/mol. The zero-order chi connectivity index (χ0) is 12.5. The number of thiophene rings is 2. The number of nitrogens with one attached hydrogen (secondary N) is 1. The molecule has 0 saturated heterocycles. The molecule has 1 nitrogen and oxygen atoms in total. The van der Waals surface area contributed by atoms with Gasteiger partial charge in [0.2, 0.25) is 0 Å². The van der Waals surface area contributed by atoms with Crippen molar-refractivity contribution in [2.45, 2.75) is 6.04 Å². The van der Waals surface area contributed by atoms with Gasteiger partial charge in [0.1, 0.15) is 0 Å². The Hall–Kier alpha value is -0.870. The summed E-state index contributed by atoms with van der Waals surface area (Å²) in [7, 11) is 1.98. The zero-order valence-electron chi connectivity index (χ0n) is 9.81. The minimum atomic E-state index is 0.167. The average Bonchev–Trinajstić information content (AvgIpc) is 3.00. The molecule has 92 valence electrons. The zero-order valence-corrected chi connectivity index (χ0v) is 12.2. The fraction of sp³-hybridized carbons (Fsp3) is 0.143. The quantitative estimate of drug-likeness (QED) is 0.722. The Balaban J connectivity index is 2.17. The summed E-state index contributed by atoms with van der Waals surface area (Å²) in [5, 5.41) is 9.69. The number of halogens is 1. The van der Waals surface area contributed by atoms with E-state index in [9.17, 15) is 0 Å². The van der Waals surface area contributed by atoms with Crippen molar-refractivity contribution < 1.29 is 0 Å². The molecule has 3 rings (SSSR count). The van der Waals surface area contributed by atoms with Gasteiger partial charge in [-0.25, -0.2) is 0 Å². The maximum atomic E-state index is 6.26. The highest BCUT2D eigenvalue weighted by atomic mass is 35.5. The van der Waals surface area contributed by atoms with Crippen LogP contribution in [-0.2, 0) is 0 Å². The maximum Gasteiger partial charge on any atom is 0.0697 e. The molecule has 0 aliphatic carbocycles. The van der Waals surface area contributed by atoms with Gasteiger partial charge in [-0.15, -0.1) is 22.7 Å². The van der Waals surface area contributed by atoms with E-state index in [4.69, 9.17) is 11.6 Å². The lowest BCUT2D eigenvalue weighted by Gasteiger charge is -2.16. The number of rotatable bonds is 3. The van der Waals surface area contributed by atoms with E-state index in [2.05, 4.69) is 35.0 Å². The molecule has 0 fully saturated rings. The Kier molecular flexibility index (Phi) is 3.39. The van der Waals surface area contributed by atoms with Crippen molar-refractivity contribution in [1.82, 2.24) is 5.32 Å². The van der Waals surface area contributed by atoms with Crippen molar-refractivity contribution in [3.05, 3.63) is 56.6 Å². The van der Waals surface area contributed by atoms with Crippen molar-refractivity contribution in [1.29, 1.82) is 0 Å². The van der Waals surface area contributed by atoms with Gasteiger partial charge in [0, 0.05) is 9.58 Å². The molecule has 3 aromatic rings. The van der Waals surface area contributed by atoms with Gasteiger partial charge in [-0.05, 0) is 40.9 Å². The van der Waals surface area contributed by atoms with E-state index in [1.54, 1.807) is 22.7 Å². The minimum absolute atomic E-state index is 0.167. The minimum Gasteiger partial charge on any atom is -0.309 e. The van der Waals surface area contributed by atoms with E-state index in [1.807, 2.05) is 18.5 Å². The molecule has 0 spiro atoms. The van der Waals surface area contributed by atoms with Gasteiger partial charge >= 0.3 is 0 Å². The molecule has 1 unspecified atom stereocenters. The molecule has 0 bridgehead atoms. The van der Waals surface area contributed by atoms with E-state index in [-0.39, 0.29) is 6.04 Å². The summed E-state index contributed by atoms with van der Waals surface area (Å²) in [4.78, 5) is 1.18. The van der Waals surface area contributed by atoms with Gasteiger partial charge in [-0.3, -0.25) is 0 Å². The van der Waals surface area contributed by atoms with Crippen molar-refractivity contribution in [3.8, 4) is 0 Å². The van der Waals surface area contributed by atoms with Gasteiger partial charge in [0.05, 0.1) is 11.1 Å². The molecule has 0 aliphatic rings. The first-order valence-corrected chi connectivity index (χ1v) is 7.81. The lowest BCUT2D eigenvalue weighted by molar-refractivity contribution is 0.710. The Morgan fingerprint density at radius 1 is 1.11 bits per heavy atom. The molecule has 0 radical (unpaired) electrons. The average molecular weight is 294 g/mol. The highest BCUT2D eigenvalue weighted by Gasteiger charge is 2.19. The van der Waals surface area contributed by atoms with Gasteiger partial charge in [-0.2, -0.15) is 0 Å². The highest BCUT2D eigenvalue weighted by Crippen LogP contribution is 2.37. The van der Waals surface area contributed by atoms with E-state index in [0.717, 1.165) is 5.02 Å².